The Kier molecular flexibility index (Phi) is 12.0. The van der Waals surface area contributed by atoms with Gasteiger partial charge in [-0.3, -0.25) is 0 Å². The van der Waals surface area contributed by atoms with Crippen LogP contribution in [0.25, 0.3) is 11.1 Å². The third-order valence-electron chi connectivity index (χ3n) is 7.00. The molecule has 2 aliphatic rings. The summed E-state index contributed by atoms with van der Waals surface area (Å²) in [4.78, 5) is 2.28. The molecule has 0 N–H and O–H groups in total. The number of rotatable bonds is 5. The van der Waals surface area contributed by atoms with Crippen LogP contribution in [0.3, 0.4) is 0 Å². The second-order valence-corrected chi connectivity index (χ2v) is 12.2. The minimum atomic E-state index is -0.561. The van der Waals surface area contributed by atoms with Crippen molar-refractivity contribution in [2.75, 3.05) is 19.0 Å². The molecular weight excluding hydrogens is 463 g/mol. The standard InChI is InChI=1S/C26H36NP.CH3.ClH.Ni/c1-27(2)25-19-11-9-17-23(25)24-18-10-12-20-26(24)28(21-13-5-3-6-14-21)22-15-7-4-8-16-22;;;/h9-12,17-22H,3-8,13-16H2,1-2H3;1H3;1H;/q;-1;;+1. The van der Waals surface area contributed by atoms with Crippen molar-refractivity contribution in [3.63, 3.8) is 0 Å². The second-order valence-electron chi connectivity index (χ2n) is 9.08. The SMILES string of the molecule is CN(C)c1ccccc1-c1ccccc1[PH+](C1CCCCC1)C1CCCCC1.[CH3-].[Cl][Ni]. The van der Waals surface area contributed by atoms with Crippen molar-refractivity contribution in [1.82, 2.24) is 0 Å². The van der Waals surface area contributed by atoms with Gasteiger partial charge in [0.05, 0.1) is 16.6 Å². The minimum absolute atomic E-state index is 0. The van der Waals surface area contributed by atoms with Gasteiger partial charge in [0.15, 0.2) is 0 Å². The van der Waals surface area contributed by atoms with Crippen LogP contribution in [-0.4, -0.2) is 25.4 Å². The molecule has 0 bridgehead atoms. The molecule has 1 nitrogen and oxygen atoms in total. The summed E-state index contributed by atoms with van der Waals surface area (Å²) in [5, 5.41) is 1.74. The second kappa shape index (κ2) is 13.9. The van der Waals surface area contributed by atoms with Crippen molar-refractivity contribution in [2.45, 2.75) is 75.5 Å². The van der Waals surface area contributed by atoms with E-state index in [1.54, 1.807) is 5.30 Å². The number of anilines is 1. The molecule has 2 fully saturated rings. The quantitative estimate of drug-likeness (QED) is 0.227. The summed E-state index contributed by atoms with van der Waals surface area (Å²) in [5.41, 5.74) is 6.27. The Labute approximate surface area is 204 Å². The van der Waals surface area contributed by atoms with Gasteiger partial charge >= 0.3 is 24.8 Å². The maximum atomic E-state index is 4.26. The van der Waals surface area contributed by atoms with Crippen molar-refractivity contribution in [3.8, 4) is 11.1 Å². The van der Waals surface area contributed by atoms with E-state index in [4.69, 9.17) is 0 Å². The van der Waals surface area contributed by atoms with Gasteiger partial charge in [0.2, 0.25) is 0 Å². The van der Waals surface area contributed by atoms with Crippen LogP contribution < -0.4 is 10.2 Å². The Morgan fingerprint density at radius 2 is 1.16 bits per heavy atom. The molecule has 2 aliphatic carbocycles. The first-order valence-electron chi connectivity index (χ1n) is 11.6. The van der Waals surface area contributed by atoms with Crippen molar-refractivity contribution >= 4 is 29.1 Å². The van der Waals surface area contributed by atoms with Crippen LogP contribution in [0.1, 0.15) is 64.2 Å². The summed E-state index contributed by atoms with van der Waals surface area (Å²) in [6.07, 6.45) is 14.7. The normalized spacial score (nSPS) is 17.5. The Morgan fingerprint density at radius 3 is 1.68 bits per heavy atom. The predicted octanol–water partition coefficient (Wildman–Crippen LogP) is 8.06. The van der Waals surface area contributed by atoms with E-state index in [0.29, 0.717) is 0 Å². The number of benzene rings is 2. The fraction of sp³-hybridized carbons (Fsp3) is 0.519. The van der Waals surface area contributed by atoms with Gasteiger partial charge in [-0.15, -0.1) is 0 Å². The zero-order valence-corrected chi connectivity index (χ0v) is 22.2. The molecule has 0 unspecified atom stereocenters. The molecule has 0 spiro atoms. The van der Waals surface area contributed by atoms with Crippen LogP contribution in [0, 0.1) is 7.43 Å². The first-order chi connectivity index (χ1) is 14.8. The fourth-order valence-electron chi connectivity index (χ4n) is 5.66. The van der Waals surface area contributed by atoms with Gasteiger partial charge in [-0.25, -0.2) is 0 Å². The van der Waals surface area contributed by atoms with Crippen LogP contribution >= 0.6 is 18.1 Å². The van der Waals surface area contributed by atoms with Gasteiger partial charge in [0, 0.05) is 38.8 Å². The summed E-state index contributed by atoms with van der Waals surface area (Å²) in [7, 11) is 8.06. The molecule has 175 valence electrons. The molecule has 0 heterocycles. The molecule has 2 aromatic carbocycles. The van der Waals surface area contributed by atoms with Crippen molar-refractivity contribution in [1.29, 1.82) is 0 Å². The Morgan fingerprint density at radius 1 is 0.710 bits per heavy atom. The molecule has 4 rings (SSSR count). The Balaban J connectivity index is 0.00000111. The summed E-state index contributed by atoms with van der Waals surface area (Å²) in [6.45, 7) is 0. The molecule has 0 aromatic heterocycles. The van der Waals surface area contributed by atoms with E-state index in [2.05, 4.69) is 92.3 Å². The van der Waals surface area contributed by atoms with Crippen molar-refractivity contribution in [3.05, 3.63) is 56.0 Å². The number of hydrogen-bond donors (Lipinski definition) is 0. The summed E-state index contributed by atoms with van der Waals surface area (Å²) in [5.74, 6) is 0. The van der Waals surface area contributed by atoms with E-state index in [9.17, 15) is 0 Å². The molecule has 0 aliphatic heterocycles. The van der Waals surface area contributed by atoms with Crippen LogP contribution in [-0.2, 0) is 14.6 Å². The third kappa shape index (κ3) is 6.73. The van der Waals surface area contributed by atoms with Crippen LogP contribution in [0.4, 0.5) is 5.69 Å². The van der Waals surface area contributed by atoms with Gasteiger partial charge in [-0.2, -0.15) is 0 Å². The van der Waals surface area contributed by atoms with Gasteiger partial charge in [-0.1, -0.05) is 49.2 Å². The molecule has 2 aromatic rings. The van der Waals surface area contributed by atoms with Crippen LogP contribution in [0.15, 0.2) is 48.5 Å². The van der Waals surface area contributed by atoms with E-state index in [0.717, 1.165) is 11.3 Å². The molecule has 0 radical (unpaired) electrons. The fourth-order valence-corrected chi connectivity index (χ4v) is 10.1. The van der Waals surface area contributed by atoms with E-state index in [-0.39, 0.29) is 7.43 Å². The van der Waals surface area contributed by atoms with Crippen LogP contribution in [0.2, 0.25) is 0 Å². The molecule has 0 amide bonds. The van der Waals surface area contributed by atoms with Crippen molar-refractivity contribution < 1.29 is 14.6 Å². The molecule has 31 heavy (non-hydrogen) atoms. The zero-order valence-electron chi connectivity index (χ0n) is 19.5. The predicted molar refractivity (Wildman–Crippen MR) is 140 cm³/mol. The molecular formula is C27H40ClNNiP. The number of para-hydroxylation sites is 1. The summed E-state index contributed by atoms with van der Waals surface area (Å²) in [6, 6.07) is 18.5. The number of halogens is 1. The maximum absolute atomic E-state index is 4.26. The van der Waals surface area contributed by atoms with Gasteiger partial charge < -0.3 is 12.3 Å². The molecule has 0 saturated heterocycles. The van der Waals surface area contributed by atoms with E-state index in [1.807, 2.05) is 0 Å². The molecule has 4 heteroatoms. The molecule has 2 saturated carbocycles. The van der Waals surface area contributed by atoms with Gasteiger partial charge in [0.25, 0.3) is 0 Å². The monoisotopic (exact) mass is 502 g/mol. The third-order valence-corrected chi connectivity index (χ3v) is 11.0. The van der Waals surface area contributed by atoms with E-state index < -0.39 is 7.92 Å². The Bertz CT molecular complexity index is 751. The van der Waals surface area contributed by atoms with E-state index in [1.165, 1.54) is 81.0 Å². The summed E-state index contributed by atoms with van der Waals surface area (Å²) >= 11 is 3.35. The first-order valence-corrected chi connectivity index (χ1v) is 14.6. The topological polar surface area (TPSA) is 3.24 Å². The molecule has 0 atom stereocenters. The van der Waals surface area contributed by atoms with Gasteiger partial charge in [0.1, 0.15) is 0 Å². The number of nitrogens with zero attached hydrogens (tertiary/aromatic N) is 1. The average molecular weight is 504 g/mol. The van der Waals surface area contributed by atoms with Crippen LogP contribution in [0.5, 0.6) is 0 Å². The van der Waals surface area contributed by atoms with Gasteiger partial charge in [-0.05, 0) is 63.5 Å². The zero-order chi connectivity index (χ0) is 21.3. The summed E-state index contributed by atoms with van der Waals surface area (Å²) < 4.78 is 0. The average Bonchev–Trinajstić information content (AvgIpc) is 2.82. The first kappa shape index (κ1) is 26.7. The Hall–Kier alpha value is -0.546. The van der Waals surface area contributed by atoms with Crippen molar-refractivity contribution in [2.24, 2.45) is 0 Å². The number of hydrogen-bond acceptors (Lipinski definition) is 1. The van der Waals surface area contributed by atoms with E-state index >= 15 is 0 Å².